The number of fused-ring (bicyclic) bond motifs is 1. The molecule has 2 heterocycles. The van der Waals surface area contributed by atoms with Crippen LogP contribution in [-0.4, -0.2) is 49.3 Å². The molecule has 1 saturated heterocycles. The van der Waals surface area contributed by atoms with Crippen LogP contribution >= 0.6 is 0 Å². The third kappa shape index (κ3) is 3.22. The molecule has 1 aromatic carbocycles. The van der Waals surface area contributed by atoms with Crippen LogP contribution in [0.1, 0.15) is 0 Å². The number of nitrogens with zero attached hydrogens (tertiary/aromatic N) is 2. The molecule has 0 saturated carbocycles. The van der Waals surface area contributed by atoms with E-state index in [-0.39, 0.29) is 0 Å². The predicted molar refractivity (Wildman–Crippen MR) is 74.5 cm³/mol. The lowest BCUT2D eigenvalue weighted by atomic mass is 10.2. The number of pyridine rings is 1. The zero-order valence-electron chi connectivity index (χ0n) is 10.9. The van der Waals surface area contributed by atoms with Crippen molar-refractivity contribution in [3.8, 4) is 5.75 Å². The minimum absolute atomic E-state index is 0.714. The lowest BCUT2D eigenvalue weighted by Gasteiger charge is -2.26. The topological polar surface area (TPSA) is 34.6 Å². The monoisotopic (exact) mass is 258 g/mol. The highest BCUT2D eigenvalue weighted by atomic mass is 16.5. The van der Waals surface area contributed by atoms with Crippen molar-refractivity contribution in [1.82, 2.24) is 9.88 Å². The molecule has 1 fully saturated rings. The molecule has 0 spiro atoms. The summed E-state index contributed by atoms with van der Waals surface area (Å²) in [4.78, 5) is 6.67. The van der Waals surface area contributed by atoms with E-state index in [1.54, 1.807) is 6.20 Å². The third-order valence-corrected chi connectivity index (χ3v) is 3.35. The SMILES string of the molecule is c1cnc2ccc(OCCN3CCOCC3)cc2c1. The summed E-state index contributed by atoms with van der Waals surface area (Å²) in [5, 5.41) is 1.12. The number of ether oxygens (including phenoxy) is 2. The first kappa shape index (κ1) is 12.4. The second kappa shape index (κ2) is 5.99. The maximum atomic E-state index is 5.81. The van der Waals surface area contributed by atoms with Crippen LogP contribution in [0.5, 0.6) is 5.75 Å². The molecular formula is C15H18N2O2. The lowest BCUT2D eigenvalue weighted by Crippen LogP contribution is -2.38. The summed E-state index contributed by atoms with van der Waals surface area (Å²) in [5.74, 6) is 0.911. The van der Waals surface area contributed by atoms with Crippen molar-refractivity contribution in [1.29, 1.82) is 0 Å². The highest BCUT2D eigenvalue weighted by Gasteiger charge is 2.09. The average molecular weight is 258 g/mol. The van der Waals surface area contributed by atoms with E-state index in [4.69, 9.17) is 9.47 Å². The first-order valence-corrected chi connectivity index (χ1v) is 6.69. The van der Waals surface area contributed by atoms with Gasteiger partial charge in [-0.1, -0.05) is 6.07 Å². The first-order valence-electron chi connectivity index (χ1n) is 6.69. The minimum Gasteiger partial charge on any atom is -0.492 e. The quantitative estimate of drug-likeness (QED) is 0.839. The van der Waals surface area contributed by atoms with E-state index < -0.39 is 0 Å². The van der Waals surface area contributed by atoms with Gasteiger partial charge in [-0.3, -0.25) is 9.88 Å². The van der Waals surface area contributed by atoms with Crippen LogP contribution in [0.3, 0.4) is 0 Å². The van der Waals surface area contributed by atoms with Crippen molar-refractivity contribution >= 4 is 10.9 Å². The Kier molecular flexibility index (Phi) is 3.91. The zero-order chi connectivity index (χ0) is 12.9. The summed E-state index contributed by atoms with van der Waals surface area (Å²) in [5.41, 5.74) is 1.00. The van der Waals surface area contributed by atoms with Gasteiger partial charge in [-0.15, -0.1) is 0 Å². The van der Waals surface area contributed by atoms with E-state index in [0.29, 0.717) is 6.61 Å². The molecule has 1 aromatic heterocycles. The van der Waals surface area contributed by atoms with E-state index in [1.165, 1.54) is 0 Å². The highest BCUT2D eigenvalue weighted by Crippen LogP contribution is 2.18. The Morgan fingerprint density at radius 1 is 1.21 bits per heavy atom. The third-order valence-electron chi connectivity index (χ3n) is 3.35. The first-order chi connectivity index (χ1) is 9.42. The van der Waals surface area contributed by atoms with Gasteiger partial charge >= 0.3 is 0 Å². The van der Waals surface area contributed by atoms with Crippen molar-refractivity contribution in [2.45, 2.75) is 0 Å². The van der Waals surface area contributed by atoms with Crippen molar-refractivity contribution in [2.75, 3.05) is 39.5 Å². The van der Waals surface area contributed by atoms with Gasteiger partial charge in [0.1, 0.15) is 12.4 Å². The van der Waals surface area contributed by atoms with E-state index in [1.807, 2.05) is 24.3 Å². The molecule has 4 heteroatoms. The fraction of sp³-hybridized carbons (Fsp3) is 0.400. The minimum atomic E-state index is 0.714. The van der Waals surface area contributed by atoms with Gasteiger partial charge in [0.25, 0.3) is 0 Å². The van der Waals surface area contributed by atoms with E-state index in [9.17, 15) is 0 Å². The maximum Gasteiger partial charge on any atom is 0.120 e. The van der Waals surface area contributed by atoms with Gasteiger partial charge in [0.2, 0.25) is 0 Å². The average Bonchev–Trinajstić information content (AvgIpc) is 2.48. The molecule has 4 nitrogen and oxygen atoms in total. The van der Waals surface area contributed by atoms with Gasteiger partial charge in [0.15, 0.2) is 0 Å². The Hall–Kier alpha value is -1.65. The molecular weight excluding hydrogens is 240 g/mol. The number of morpholine rings is 1. The molecule has 0 bridgehead atoms. The molecule has 0 aliphatic carbocycles. The summed E-state index contributed by atoms with van der Waals surface area (Å²) >= 11 is 0. The molecule has 19 heavy (non-hydrogen) atoms. The van der Waals surface area contributed by atoms with E-state index in [2.05, 4.69) is 16.0 Å². The molecule has 0 radical (unpaired) electrons. The molecule has 0 amide bonds. The van der Waals surface area contributed by atoms with Crippen molar-refractivity contribution in [3.05, 3.63) is 36.5 Å². The van der Waals surface area contributed by atoms with Gasteiger partial charge in [0.05, 0.1) is 18.7 Å². The Labute approximate surface area is 113 Å². The van der Waals surface area contributed by atoms with E-state index >= 15 is 0 Å². The van der Waals surface area contributed by atoms with Crippen LogP contribution < -0.4 is 4.74 Å². The molecule has 2 aromatic rings. The predicted octanol–water partition coefficient (Wildman–Crippen LogP) is 1.95. The Morgan fingerprint density at radius 2 is 2.11 bits per heavy atom. The molecule has 3 rings (SSSR count). The van der Waals surface area contributed by atoms with Crippen LogP contribution in [0.15, 0.2) is 36.5 Å². The molecule has 1 aliphatic heterocycles. The van der Waals surface area contributed by atoms with Gasteiger partial charge in [-0.2, -0.15) is 0 Å². The van der Waals surface area contributed by atoms with Crippen LogP contribution in [0.4, 0.5) is 0 Å². The Balaban J connectivity index is 1.56. The number of aromatic nitrogens is 1. The van der Waals surface area contributed by atoms with E-state index in [0.717, 1.165) is 49.5 Å². The van der Waals surface area contributed by atoms with Crippen molar-refractivity contribution < 1.29 is 9.47 Å². The highest BCUT2D eigenvalue weighted by molar-refractivity contribution is 5.79. The molecule has 0 unspecified atom stereocenters. The smallest absolute Gasteiger partial charge is 0.120 e. The van der Waals surface area contributed by atoms with Crippen LogP contribution in [-0.2, 0) is 4.74 Å². The summed E-state index contributed by atoms with van der Waals surface area (Å²) in [6.45, 7) is 5.35. The van der Waals surface area contributed by atoms with Crippen LogP contribution in [0.2, 0.25) is 0 Å². The van der Waals surface area contributed by atoms with Crippen molar-refractivity contribution in [2.24, 2.45) is 0 Å². The van der Waals surface area contributed by atoms with Gasteiger partial charge < -0.3 is 9.47 Å². The standard InChI is InChI=1S/C15H18N2O2/c1-2-13-12-14(3-4-15(13)16-5-1)19-11-8-17-6-9-18-10-7-17/h1-5,12H,6-11H2. The van der Waals surface area contributed by atoms with Crippen LogP contribution in [0.25, 0.3) is 10.9 Å². The second-order valence-corrected chi connectivity index (χ2v) is 4.66. The second-order valence-electron chi connectivity index (χ2n) is 4.66. The lowest BCUT2D eigenvalue weighted by molar-refractivity contribution is 0.0322. The summed E-state index contributed by atoms with van der Waals surface area (Å²) < 4.78 is 11.1. The van der Waals surface area contributed by atoms with Gasteiger partial charge in [-0.25, -0.2) is 0 Å². The fourth-order valence-corrected chi connectivity index (χ4v) is 2.26. The molecule has 0 N–H and O–H groups in total. The number of hydrogen-bond acceptors (Lipinski definition) is 4. The van der Waals surface area contributed by atoms with Gasteiger partial charge in [0, 0.05) is 31.2 Å². The van der Waals surface area contributed by atoms with Crippen molar-refractivity contribution in [3.63, 3.8) is 0 Å². The summed E-state index contributed by atoms with van der Waals surface area (Å²) in [6, 6.07) is 10.0. The molecule has 0 atom stereocenters. The summed E-state index contributed by atoms with van der Waals surface area (Å²) in [7, 11) is 0. The Bertz CT molecular complexity index is 538. The fourth-order valence-electron chi connectivity index (χ4n) is 2.26. The van der Waals surface area contributed by atoms with Crippen LogP contribution in [0, 0.1) is 0 Å². The number of hydrogen-bond donors (Lipinski definition) is 0. The number of rotatable bonds is 4. The zero-order valence-corrected chi connectivity index (χ0v) is 10.9. The number of benzene rings is 1. The largest absolute Gasteiger partial charge is 0.492 e. The normalized spacial score (nSPS) is 16.6. The molecule has 100 valence electrons. The Morgan fingerprint density at radius 3 is 3.00 bits per heavy atom. The van der Waals surface area contributed by atoms with Gasteiger partial charge in [-0.05, 0) is 24.3 Å². The molecule has 1 aliphatic rings. The maximum absolute atomic E-state index is 5.81. The summed E-state index contributed by atoms with van der Waals surface area (Å²) in [6.07, 6.45) is 1.81.